The Hall–Kier alpha value is -3.74. The van der Waals surface area contributed by atoms with Gasteiger partial charge in [-0.15, -0.1) is 0 Å². The van der Waals surface area contributed by atoms with Crippen molar-refractivity contribution in [3.05, 3.63) is 60.4 Å². The Balaban J connectivity index is 1.50. The number of allylic oxidation sites excluding steroid dienone is 1. The number of carbonyl (C=O) groups excluding carboxylic acids is 2. The summed E-state index contributed by atoms with van der Waals surface area (Å²) in [4.78, 5) is 26.3. The van der Waals surface area contributed by atoms with E-state index in [0.717, 1.165) is 33.2 Å². The van der Waals surface area contributed by atoms with Crippen molar-refractivity contribution < 1.29 is 23.5 Å². The molecule has 2 aromatic carbocycles. The van der Waals surface area contributed by atoms with Crippen LogP contribution in [0.15, 0.2) is 59.2 Å². The average molecular weight is 463 g/mol. The molecule has 2 heterocycles. The number of methoxy groups -OCH3 is 1. The van der Waals surface area contributed by atoms with Gasteiger partial charge in [-0.1, -0.05) is 30.3 Å². The predicted molar refractivity (Wildman–Crippen MR) is 132 cm³/mol. The highest BCUT2D eigenvalue weighted by Gasteiger charge is 2.24. The third kappa shape index (κ3) is 5.09. The number of nitrogens with one attached hydrogen (secondary N) is 1. The fraction of sp³-hybridized carbons (Fsp3) is 0.333. The van der Waals surface area contributed by atoms with E-state index in [1.165, 1.54) is 0 Å². The van der Waals surface area contributed by atoms with E-state index >= 15 is 0 Å². The fourth-order valence-electron chi connectivity index (χ4n) is 4.31. The first kappa shape index (κ1) is 23.4. The lowest BCUT2D eigenvalue weighted by Crippen LogP contribution is -2.46. The molecule has 1 saturated heterocycles. The molecule has 7 nitrogen and oxygen atoms in total. The summed E-state index contributed by atoms with van der Waals surface area (Å²) in [6, 6.07) is 13.9. The first-order valence-corrected chi connectivity index (χ1v) is 11.6. The smallest absolute Gasteiger partial charge is 0.409 e. The number of hydrogen-bond donors (Lipinski definition) is 1. The monoisotopic (exact) mass is 462 g/mol. The summed E-state index contributed by atoms with van der Waals surface area (Å²) in [6.07, 6.45) is 4.45. The summed E-state index contributed by atoms with van der Waals surface area (Å²) in [7, 11) is 1.61. The van der Waals surface area contributed by atoms with Gasteiger partial charge in [0.1, 0.15) is 11.3 Å². The molecule has 0 atom stereocenters. The molecule has 0 aliphatic carbocycles. The molecule has 0 bridgehead atoms. The molecule has 1 fully saturated rings. The Morgan fingerprint density at radius 1 is 1.18 bits per heavy atom. The van der Waals surface area contributed by atoms with Crippen LogP contribution >= 0.6 is 0 Å². The van der Waals surface area contributed by atoms with E-state index in [9.17, 15) is 9.59 Å². The van der Waals surface area contributed by atoms with Crippen LogP contribution in [-0.4, -0.2) is 49.7 Å². The second-order valence-corrected chi connectivity index (χ2v) is 8.36. The molecule has 7 heteroatoms. The van der Waals surface area contributed by atoms with E-state index in [0.29, 0.717) is 38.3 Å². The average Bonchev–Trinajstić information content (AvgIpc) is 3.27. The zero-order valence-electron chi connectivity index (χ0n) is 19.8. The van der Waals surface area contributed by atoms with Crippen molar-refractivity contribution in [2.75, 3.05) is 26.8 Å². The molecule has 3 aromatic rings. The van der Waals surface area contributed by atoms with Gasteiger partial charge in [0.05, 0.1) is 20.0 Å². The molecule has 1 N–H and O–H groups in total. The van der Waals surface area contributed by atoms with Crippen LogP contribution < -0.4 is 10.1 Å². The number of fused-ring (bicyclic) bond motifs is 1. The van der Waals surface area contributed by atoms with Gasteiger partial charge in [-0.25, -0.2) is 4.79 Å². The van der Waals surface area contributed by atoms with Crippen LogP contribution in [-0.2, 0) is 9.53 Å². The van der Waals surface area contributed by atoms with Gasteiger partial charge < -0.3 is 24.1 Å². The second-order valence-electron chi connectivity index (χ2n) is 8.36. The summed E-state index contributed by atoms with van der Waals surface area (Å²) in [5.41, 5.74) is 4.40. The van der Waals surface area contributed by atoms with Crippen LogP contribution in [0, 0.1) is 0 Å². The molecule has 1 aliphatic heterocycles. The van der Waals surface area contributed by atoms with Crippen molar-refractivity contribution in [3.8, 4) is 16.9 Å². The Morgan fingerprint density at radius 2 is 1.91 bits per heavy atom. The standard InChI is InChI=1S/C27H30N2O5/c1-4-33-27(31)29-12-10-20(11-13-29)28-26(30)14-18(2)21-15-22-23(19-8-6-5-7-9-19)17-34-25(22)16-24(21)32-3/h5-9,14-17,20H,4,10-13H2,1-3H3,(H,28,30)/b18-14+. The molecule has 34 heavy (non-hydrogen) atoms. The third-order valence-corrected chi connectivity index (χ3v) is 6.12. The minimum Gasteiger partial charge on any atom is -0.496 e. The van der Waals surface area contributed by atoms with Gasteiger partial charge in [0.15, 0.2) is 0 Å². The maximum Gasteiger partial charge on any atom is 0.409 e. The zero-order chi connectivity index (χ0) is 24.1. The quantitative estimate of drug-likeness (QED) is 0.506. The number of likely N-dealkylation sites (tertiary alicyclic amines) is 1. The summed E-state index contributed by atoms with van der Waals surface area (Å²) in [5.74, 6) is 0.482. The molecule has 2 amide bonds. The number of rotatable bonds is 6. The Labute approximate surface area is 199 Å². The van der Waals surface area contributed by atoms with Gasteiger partial charge in [0.25, 0.3) is 0 Å². The molecule has 1 aliphatic rings. The SMILES string of the molecule is CCOC(=O)N1CCC(NC(=O)/C=C(\C)c2cc3c(-c4ccccc4)coc3cc2OC)CC1. The van der Waals surface area contributed by atoms with Gasteiger partial charge >= 0.3 is 6.09 Å². The molecular formula is C27H30N2O5. The van der Waals surface area contributed by atoms with Crippen molar-refractivity contribution in [2.24, 2.45) is 0 Å². The molecule has 178 valence electrons. The maximum absolute atomic E-state index is 12.8. The van der Waals surface area contributed by atoms with Gasteiger partial charge in [-0.05, 0) is 43.9 Å². The largest absolute Gasteiger partial charge is 0.496 e. The number of carbonyl (C=O) groups is 2. The maximum atomic E-state index is 12.8. The van der Waals surface area contributed by atoms with Crippen molar-refractivity contribution in [1.29, 1.82) is 0 Å². The Bertz CT molecular complexity index is 1190. The highest BCUT2D eigenvalue weighted by Crippen LogP contribution is 2.37. The topological polar surface area (TPSA) is 81.0 Å². The number of ether oxygens (including phenoxy) is 2. The summed E-state index contributed by atoms with van der Waals surface area (Å²) in [6.45, 7) is 5.19. The molecule has 0 spiro atoms. The lowest BCUT2D eigenvalue weighted by molar-refractivity contribution is -0.117. The highest BCUT2D eigenvalue weighted by atomic mass is 16.6. The van der Waals surface area contributed by atoms with Crippen molar-refractivity contribution in [1.82, 2.24) is 10.2 Å². The minimum atomic E-state index is -0.292. The number of nitrogens with zero attached hydrogens (tertiary/aromatic N) is 1. The van der Waals surface area contributed by atoms with Crippen LogP contribution in [0.3, 0.4) is 0 Å². The molecule has 1 aromatic heterocycles. The van der Waals surface area contributed by atoms with Crippen molar-refractivity contribution >= 4 is 28.5 Å². The van der Waals surface area contributed by atoms with Crippen molar-refractivity contribution in [3.63, 3.8) is 0 Å². The van der Waals surface area contributed by atoms with Gasteiger partial charge in [-0.3, -0.25) is 4.79 Å². The highest BCUT2D eigenvalue weighted by molar-refractivity contribution is 6.00. The molecule has 4 rings (SSSR count). The number of benzene rings is 2. The first-order valence-electron chi connectivity index (χ1n) is 11.6. The predicted octanol–water partition coefficient (Wildman–Crippen LogP) is 5.25. The Kier molecular flexibility index (Phi) is 7.21. The minimum absolute atomic E-state index is 0.0187. The third-order valence-electron chi connectivity index (χ3n) is 6.12. The second kappa shape index (κ2) is 10.5. The summed E-state index contributed by atoms with van der Waals surface area (Å²) < 4.78 is 16.4. The summed E-state index contributed by atoms with van der Waals surface area (Å²) >= 11 is 0. The zero-order valence-corrected chi connectivity index (χ0v) is 19.8. The van der Waals surface area contributed by atoms with E-state index in [-0.39, 0.29) is 18.0 Å². The Morgan fingerprint density at radius 3 is 2.59 bits per heavy atom. The lowest BCUT2D eigenvalue weighted by Gasteiger charge is -2.31. The lowest BCUT2D eigenvalue weighted by atomic mass is 9.99. The van der Waals surface area contributed by atoms with Crippen LogP contribution in [0.5, 0.6) is 5.75 Å². The van der Waals surface area contributed by atoms with E-state index in [1.54, 1.807) is 31.3 Å². The number of piperidine rings is 1. The van der Waals surface area contributed by atoms with Crippen LogP contribution in [0.2, 0.25) is 0 Å². The van der Waals surface area contributed by atoms with Gasteiger partial charge in [0, 0.05) is 47.8 Å². The van der Waals surface area contributed by atoms with E-state index in [1.807, 2.05) is 49.4 Å². The van der Waals surface area contributed by atoms with Crippen LogP contribution in [0.4, 0.5) is 4.79 Å². The first-order chi connectivity index (χ1) is 16.5. The van der Waals surface area contributed by atoms with Crippen molar-refractivity contribution in [2.45, 2.75) is 32.7 Å². The van der Waals surface area contributed by atoms with E-state index < -0.39 is 0 Å². The number of amides is 2. The van der Waals surface area contributed by atoms with Gasteiger partial charge in [-0.2, -0.15) is 0 Å². The van der Waals surface area contributed by atoms with Gasteiger partial charge in [0.2, 0.25) is 5.91 Å². The van der Waals surface area contributed by atoms with Crippen LogP contribution in [0.1, 0.15) is 32.3 Å². The molecule has 0 radical (unpaired) electrons. The van der Waals surface area contributed by atoms with Crippen LogP contribution in [0.25, 0.3) is 27.7 Å². The number of hydrogen-bond acceptors (Lipinski definition) is 5. The number of furan rings is 1. The van der Waals surface area contributed by atoms with E-state index in [4.69, 9.17) is 13.9 Å². The summed E-state index contributed by atoms with van der Waals surface area (Å²) in [5, 5.41) is 4.02. The fourth-order valence-corrected chi connectivity index (χ4v) is 4.31. The van der Waals surface area contributed by atoms with E-state index in [2.05, 4.69) is 5.32 Å². The normalized spacial score (nSPS) is 14.8. The molecule has 0 saturated carbocycles. The molecule has 0 unspecified atom stereocenters. The molecular weight excluding hydrogens is 432 g/mol.